The molecule has 1 aliphatic heterocycles. The quantitative estimate of drug-likeness (QED) is 0.929. The maximum atomic E-state index is 12.9. The first-order valence-electron chi connectivity index (χ1n) is 8.13. The van der Waals surface area contributed by atoms with Crippen molar-refractivity contribution in [3.05, 3.63) is 65.5 Å². The third-order valence-corrected chi connectivity index (χ3v) is 4.04. The molecule has 6 heteroatoms. The Labute approximate surface area is 145 Å². The number of anilines is 1. The number of nitrogens with zero attached hydrogens (tertiary/aromatic N) is 1. The molecule has 1 saturated heterocycles. The summed E-state index contributed by atoms with van der Waals surface area (Å²) in [6.45, 7) is 2.43. The maximum Gasteiger partial charge on any atom is 0.255 e. The zero-order chi connectivity index (χ0) is 17.6. The van der Waals surface area contributed by atoms with E-state index in [0.717, 1.165) is 5.56 Å². The van der Waals surface area contributed by atoms with E-state index >= 15 is 0 Å². The van der Waals surface area contributed by atoms with E-state index in [1.54, 1.807) is 17.0 Å². The fourth-order valence-electron chi connectivity index (χ4n) is 2.61. The zero-order valence-electron chi connectivity index (χ0n) is 13.7. The Hall–Kier alpha value is -2.73. The van der Waals surface area contributed by atoms with Gasteiger partial charge in [0.25, 0.3) is 5.91 Å². The molecule has 5 nitrogen and oxygen atoms in total. The minimum atomic E-state index is -0.383. The van der Waals surface area contributed by atoms with Gasteiger partial charge in [-0.25, -0.2) is 4.39 Å². The summed E-state index contributed by atoms with van der Waals surface area (Å²) in [4.78, 5) is 26.1. The number of carbonyl (C=O) groups excluding carboxylic acids is 2. The number of hydrogen-bond acceptors (Lipinski definition) is 3. The molecule has 25 heavy (non-hydrogen) atoms. The van der Waals surface area contributed by atoms with Gasteiger partial charge in [-0.2, -0.15) is 0 Å². The fraction of sp³-hybridized carbons (Fsp3) is 0.263. The average Bonchev–Trinajstić information content (AvgIpc) is 2.64. The number of amides is 2. The molecule has 2 aromatic carbocycles. The fourth-order valence-corrected chi connectivity index (χ4v) is 2.61. The lowest BCUT2D eigenvalue weighted by atomic mass is 10.1. The standard InChI is InChI=1S/C19H19FN2O3/c20-16-5-3-15(4-6-16)19(24)21-17-7-1-14(2-8-17)13-18(23)22-9-11-25-12-10-22/h1-8H,9-13H2,(H,21,24). The van der Waals surface area contributed by atoms with Crippen molar-refractivity contribution in [3.63, 3.8) is 0 Å². The monoisotopic (exact) mass is 342 g/mol. The van der Waals surface area contributed by atoms with Gasteiger partial charge in [0.15, 0.2) is 0 Å². The lowest BCUT2D eigenvalue weighted by Crippen LogP contribution is -2.41. The Balaban J connectivity index is 1.57. The minimum Gasteiger partial charge on any atom is -0.378 e. The number of morpholine rings is 1. The smallest absolute Gasteiger partial charge is 0.255 e. The van der Waals surface area contributed by atoms with Gasteiger partial charge < -0.3 is 15.0 Å². The lowest BCUT2D eigenvalue weighted by Gasteiger charge is -2.26. The summed E-state index contributed by atoms with van der Waals surface area (Å²) >= 11 is 0. The predicted octanol–water partition coefficient (Wildman–Crippen LogP) is 2.48. The van der Waals surface area contributed by atoms with E-state index in [1.165, 1.54) is 24.3 Å². The highest BCUT2D eigenvalue weighted by Crippen LogP contribution is 2.13. The van der Waals surface area contributed by atoms with E-state index in [2.05, 4.69) is 5.32 Å². The average molecular weight is 342 g/mol. The van der Waals surface area contributed by atoms with Crippen LogP contribution in [0.25, 0.3) is 0 Å². The Morgan fingerprint density at radius 1 is 1.00 bits per heavy atom. The summed E-state index contributed by atoms with van der Waals surface area (Å²) < 4.78 is 18.1. The normalized spacial score (nSPS) is 14.2. The molecule has 0 atom stereocenters. The van der Waals surface area contributed by atoms with Gasteiger partial charge in [0.1, 0.15) is 5.82 Å². The van der Waals surface area contributed by atoms with E-state index in [0.29, 0.717) is 44.0 Å². The number of nitrogens with one attached hydrogen (secondary N) is 1. The molecule has 1 fully saturated rings. The molecule has 0 aromatic heterocycles. The van der Waals surface area contributed by atoms with Crippen LogP contribution in [0.4, 0.5) is 10.1 Å². The first-order valence-corrected chi connectivity index (χ1v) is 8.13. The van der Waals surface area contributed by atoms with E-state index in [-0.39, 0.29) is 17.6 Å². The summed E-state index contributed by atoms with van der Waals surface area (Å²) in [5, 5.41) is 2.75. The summed E-state index contributed by atoms with van der Waals surface area (Å²) in [6, 6.07) is 12.5. The number of rotatable bonds is 4. The molecule has 0 aliphatic carbocycles. The maximum absolute atomic E-state index is 12.9. The summed E-state index contributed by atoms with van der Waals surface area (Å²) in [7, 11) is 0. The molecular formula is C19H19FN2O3. The Morgan fingerprint density at radius 3 is 2.28 bits per heavy atom. The highest BCUT2D eigenvalue weighted by Gasteiger charge is 2.17. The number of carbonyl (C=O) groups is 2. The largest absolute Gasteiger partial charge is 0.378 e. The van der Waals surface area contributed by atoms with Crippen LogP contribution >= 0.6 is 0 Å². The van der Waals surface area contributed by atoms with Crippen molar-refractivity contribution in [2.45, 2.75) is 6.42 Å². The second kappa shape index (κ2) is 7.90. The van der Waals surface area contributed by atoms with Crippen LogP contribution in [0, 0.1) is 5.82 Å². The molecule has 1 heterocycles. The second-order valence-corrected chi connectivity index (χ2v) is 5.83. The Bertz CT molecular complexity index is 738. The van der Waals surface area contributed by atoms with Crippen molar-refractivity contribution < 1.29 is 18.7 Å². The van der Waals surface area contributed by atoms with E-state index < -0.39 is 0 Å². The molecule has 0 radical (unpaired) electrons. The van der Waals surface area contributed by atoms with Crippen molar-refractivity contribution in [3.8, 4) is 0 Å². The first kappa shape index (κ1) is 17.1. The van der Waals surface area contributed by atoms with Crippen LogP contribution in [-0.4, -0.2) is 43.0 Å². The van der Waals surface area contributed by atoms with Crippen molar-refractivity contribution in [2.75, 3.05) is 31.6 Å². The molecule has 2 aromatic rings. The Kier molecular flexibility index (Phi) is 5.40. The van der Waals surface area contributed by atoms with E-state index in [9.17, 15) is 14.0 Å². The van der Waals surface area contributed by atoms with Gasteiger partial charge in [0.05, 0.1) is 19.6 Å². The predicted molar refractivity (Wildman–Crippen MR) is 91.9 cm³/mol. The molecule has 2 amide bonds. The molecule has 130 valence electrons. The van der Waals surface area contributed by atoms with Gasteiger partial charge in [-0.3, -0.25) is 9.59 Å². The van der Waals surface area contributed by atoms with Crippen molar-refractivity contribution >= 4 is 17.5 Å². The molecular weight excluding hydrogens is 323 g/mol. The van der Waals surface area contributed by atoms with Crippen LogP contribution in [-0.2, 0) is 16.0 Å². The van der Waals surface area contributed by atoms with Crippen molar-refractivity contribution in [1.29, 1.82) is 0 Å². The second-order valence-electron chi connectivity index (χ2n) is 5.83. The number of halogens is 1. The van der Waals surface area contributed by atoms with Gasteiger partial charge in [-0.05, 0) is 42.0 Å². The van der Waals surface area contributed by atoms with Crippen LogP contribution in [0.3, 0.4) is 0 Å². The van der Waals surface area contributed by atoms with Crippen molar-refractivity contribution in [2.24, 2.45) is 0 Å². The van der Waals surface area contributed by atoms with Crippen LogP contribution in [0.2, 0.25) is 0 Å². The first-order chi connectivity index (χ1) is 12.1. The van der Waals surface area contributed by atoms with E-state index in [1.807, 2.05) is 12.1 Å². The topological polar surface area (TPSA) is 58.6 Å². The van der Waals surface area contributed by atoms with Crippen LogP contribution < -0.4 is 5.32 Å². The summed E-state index contributed by atoms with van der Waals surface area (Å²) in [6.07, 6.45) is 0.326. The van der Waals surface area contributed by atoms with Crippen LogP contribution in [0.5, 0.6) is 0 Å². The SMILES string of the molecule is O=C(Nc1ccc(CC(=O)N2CCOCC2)cc1)c1ccc(F)cc1. The lowest BCUT2D eigenvalue weighted by molar-refractivity contribution is -0.134. The van der Waals surface area contributed by atoms with Crippen LogP contribution in [0.1, 0.15) is 15.9 Å². The summed E-state index contributed by atoms with van der Waals surface area (Å²) in [5.74, 6) is -0.616. The Morgan fingerprint density at radius 2 is 1.64 bits per heavy atom. The van der Waals surface area contributed by atoms with Gasteiger partial charge in [0.2, 0.25) is 5.91 Å². The third kappa shape index (κ3) is 4.64. The molecule has 0 bridgehead atoms. The van der Waals surface area contributed by atoms with Gasteiger partial charge in [0, 0.05) is 24.3 Å². The molecule has 1 aliphatic rings. The minimum absolute atomic E-state index is 0.0754. The molecule has 0 unspecified atom stereocenters. The highest BCUT2D eigenvalue weighted by atomic mass is 19.1. The molecule has 0 saturated carbocycles. The number of benzene rings is 2. The molecule has 3 rings (SSSR count). The zero-order valence-corrected chi connectivity index (χ0v) is 13.7. The highest BCUT2D eigenvalue weighted by molar-refractivity contribution is 6.04. The van der Waals surface area contributed by atoms with Crippen LogP contribution in [0.15, 0.2) is 48.5 Å². The van der Waals surface area contributed by atoms with E-state index in [4.69, 9.17) is 4.74 Å². The van der Waals surface area contributed by atoms with Gasteiger partial charge in [-0.15, -0.1) is 0 Å². The molecule has 1 N–H and O–H groups in total. The van der Waals surface area contributed by atoms with Crippen molar-refractivity contribution in [1.82, 2.24) is 4.90 Å². The number of hydrogen-bond donors (Lipinski definition) is 1. The van der Waals surface area contributed by atoms with Gasteiger partial charge in [-0.1, -0.05) is 12.1 Å². The molecule has 0 spiro atoms. The van der Waals surface area contributed by atoms with Gasteiger partial charge >= 0.3 is 0 Å². The number of ether oxygens (including phenoxy) is 1. The third-order valence-electron chi connectivity index (χ3n) is 4.04. The summed E-state index contributed by atoms with van der Waals surface area (Å²) in [5.41, 5.74) is 1.89.